The summed E-state index contributed by atoms with van der Waals surface area (Å²) in [6.07, 6.45) is 1.82. The Labute approximate surface area is 179 Å². The summed E-state index contributed by atoms with van der Waals surface area (Å²) in [4.78, 5) is 26.8. The molecule has 3 aromatic carbocycles. The predicted molar refractivity (Wildman–Crippen MR) is 121 cm³/mol. The lowest BCUT2D eigenvalue weighted by molar-refractivity contribution is 0.103. The van der Waals surface area contributed by atoms with Crippen molar-refractivity contribution >= 4 is 27.9 Å². The van der Waals surface area contributed by atoms with Crippen LogP contribution in [0.5, 0.6) is 5.75 Å². The van der Waals surface area contributed by atoms with Crippen LogP contribution in [0.3, 0.4) is 0 Å². The van der Waals surface area contributed by atoms with Crippen LogP contribution >= 0.6 is 0 Å². The van der Waals surface area contributed by atoms with Crippen LogP contribution in [0.15, 0.2) is 91.1 Å². The van der Waals surface area contributed by atoms with Crippen molar-refractivity contribution < 1.29 is 14.7 Å². The summed E-state index contributed by atoms with van der Waals surface area (Å²) in [5.74, 6) is -0.574. The summed E-state index contributed by atoms with van der Waals surface area (Å²) in [6.45, 7) is 1.97. The molecule has 1 N–H and O–H groups in total. The lowest BCUT2D eigenvalue weighted by Crippen LogP contribution is -2.05. The van der Waals surface area contributed by atoms with E-state index in [9.17, 15) is 14.7 Å². The first-order valence-corrected chi connectivity index (χ1v) is 10.0. The molecular weight excluding hydrogens is 386 g/mol. The molecule has 0 bridgehead atoms. The third-order valence-corrected chi connectivity index (χ3v) is 5.60. The van der Waals surface area contributed by atoms with E-state index in [1.165, 1.54) is 6.07 Å². The number of fused-ring (bicyclic) bond motifs is 3. The minimum Gasteiger partial charge on any atom is -0.507 e. The fraction of sp³-hybridized carbons (Fsp3) is 0.0370. The molecule has 2 heterocycles. The number of rotatable bonds is 4. The standard InChI is InChI=1S/C27H19NO3/c1-17-10-12-19(13-11-17)26(30)23-16-22(27(31)21-8-4-5-9-24(21)29)25-20-7-3-2-6-18(20)14-15-28(23)25/h2-16,29H,1H3. The lowest BCUT2D eigenvalue weighted by Gasteiger charge is -2.07. The van der Waals surface area contributed by atoms with Crippen molar-refractivity contribution in [1.82, 2.24) is 4.40 Å². The van der Waals surface area contributed by atoms with Crippen LogP contribution in [-0.4, -0.2) is 21.1 Å². The molecule has 0 atom stereocenters. The number of phenols is 1. The minimum atomic E-state index is -0.324. The first kappa shape index (κ1) is 18.8. The van der Waals surface area contributed by atoms with Gasteiger partial charge in [-0.2, -0.15) is 0 Å². The molecule has 31 heavy (non-hydrogen) atoms. The number of pyridine rings is 1. The van der Waals surface area contributed by atoms with Crippen molar-refractivity contribution in [2.75, 3.05) is 0 Å². The molecule has 0 saturated carbocycles. The highest BCUT2D eigenvalue weighted by atomic mass is 16.3. The summed E-state index contributed by atoms with van der Waals surface area (Å²) in [5, 5.41) is 12.1. The molecule has 0 aliphatic carbocycles. The van der Waals surface area contributed by atoms with E-state index < -0.39 is 0 Å². The van der Waals surface area contributed by atoms with Gasteiger partial charge in [-0.05, 0) is 36.6 Å². The van der Waals surface area contributed by atoms with Crippen molar-refractivity contribution in [1.29, 1.82) is 0 Å². The quantitative estimate of drug-likeness (QED) is 0.398. The average molecular weight is 405 g/mol. The predicted octanol–water partition coefficient (Wildman–Crippen LogP) is 5.57. The second-order valence-electron chi connectivity index (χ2n) is 7.61. The summed E-state index contributed by atoms with van der Waals surface area (Å²) < 4.78 is 1.78. The Balaban J connectivity index is 1.79. The van der Waals surface area contributed by atoms with E-state index in [-0.39, 0.29) is 22.9 Å². The Bertz CT molecular complexity index is 1480. The van der Waals surface area contributed by atoms with Crippen LogP contribution in [-0.2, 0) is 0 Å². The molecule has 4 heteroatoms. The van der Waals surface area contributed by atoms with E-state index in [1.54, 1.807) is 40.8 Å². The Morgan fingerprint density at radius 3 is 2.26 bits per heavy atom. The normalized spacial score (nSPS) is 11.1. The van der Waals surface area contributed by atoms with E-state index in [4.69, 9.17) is 0 Å². The number of hydrogen-bond donors (Lipinski definition) is 1. The molecule has 0 unspecified atom stereocenters. The number of carbonyl (C=O) groups excluding carboxylic acids is 2. The molecule has 0 aliphatic rings. The van der Waals surface area contributed by atoms with Gasteiger partial charge in [0.15, 0.2) is 5.78 Å². The molecule has 0 saturated heterocycles. The van der Waals surface area contributed by atoms with Crippen molar-refractivity contribution in [3.8, 4) is 5.75 Å². The van der Waals surface area contributed by atoms with Crippen molar-refractivity contribution in [2.45, 2.75) is 6.92 Å². The summed E-state index contributed by atoms with van der Waals surface area (Å²) >= 11 is 0. The van der Waals surface area contributed by atoms with Gasteiger partial charge < -0.3 is 9.51 Å². The van der Waals surface area contributed by atoms with E-state index in [1.807, 2.05) is 55.6 Å². The molecule has 4 nitrogen and oxygen atoms in total. The number of phenolic OH excluding ortho intramolecular Hbond substituents is 1. The topological polar surface area (TPSA) is 58.8 Å². The van der Waals surface area contributed by atoms with Crippen molar-refractivity contribution in [3.05, 3.63) is 119 Å². The molecule has 0 amide bonds. The Hall–Kier alpha value is -4.18. The smallest absolute Gasteiger partial charge is 0.209 e. The van der Waals surface area contributed by atoms with Crippen LogP contribution < -0.4 is 0 Å². The fourth-order valence-electron chi connectivity index (χ4n) is 3.98. The summed E-state index contributed by atoms with van der Waals surface area (Å²) in [5.41, 5.74) is 3.27. The third kappa shape index (κ3) is 3.09. The molecule has 0 aliphatic heterocycles. The molecule has 5 aromatic rings. The second-order valence-corrected chi connectivity index (χ2v) is 7.61. The van der Waals surface area contributed by atoms with Gasteiger partial charge in [-0.15, -0.1) is 0 Å². The Kier molecular flexibility index (Phi) is 4.41. The second kappa shape index (κ2) is 7.26. The Morgan fingerprint density at radius 2 is 1.48 bits per heavy atom. The van der Waals surface area contributed by atoms with E-state index in [2.05, 4.69) is 0 Å². The zero-order valence-corrected chi connectivity index (χ0v) is 16.9. The molecule has 150 valence electrons. The van der Waals surface area contributed by atoms with Gasteiger partial charge in [0, 0.05) is 22.7 Å². The monoisotopic (exact) mass is 405 g/mol. The van der Waals surface area contributed by atoms with Gasteiger partial charge in [0.1, 0.15) is 5.75 Å². The van der Waals surface area contributed by atoms with Crippen LogP contribution in [0.4, 0.5) is 0 Å². The number of para-hydroxylation sites is 1. The van der Waals surface area contributed by atoms with Crippen LogP contribution in [0, 0.1) is 6.92 Å². The van der Waals surface area contributed by atoms with Crippen molar-refractivity contribution in [3.63, 3.8) is 0 Å². The third-order valence-electron chi connectivity index (χ3n) is 5.60. The van der Waals surface area contributed by atoms with E-state index >= 15 is 0 Å². The molecule has 5 rings (SSSR count). The Morgan fingerprint density at radius 1 is 0.774 bits per heavy atom. The highest BCUT2D eigenvalue weighted by Gasteiger charge is 2.24. The number of ketones is 2. The van der Waals surface area contributed by atoms with Crippen LogP contribution in [0.2, 0.25) is 0 Å². The number of hydrogen-bond acceptors (Lipinski definition) is 3. The fourth-order valence-corrected chi connectivity index (χ4v) is 3.98. The molecular formula is C27H19NO3. The highest BCUT2D eigenvalue weighted by Crippen LogP contribution is 2.31. The largest absolute Gasteiger partial charge is 0.507 e. The number of benzene rings is 3. The lowest BCUT2D eigenvalue weighted by atomic mass is 10.0. The SMILES string of the molecule is Cc1ccc(C(=O)c2cc(C(=O)c3ccccc3O)c3c4ccccc4ccn23)cc1. The zero-order valence-electron chi connectivity index (χ0n) is 16.9. The van der Waals surface area contributed by atoms with Gasteiger partial charge in [0.25, 0.3) is 0 Å². The van der Waals surface area contributed by atoms with Gasteiger partial charge in [-0.1, -0.05) is 66.2 Å². The summed E-state index contributed by atoms with van der Waals surface area (Å²) in [7, 11) is 0. The van der Waals surface area contributed by atoms with Gasteiger partial charge in [0.05, 0.1) is 16.8 Å². The van der Waals surface area contributed by atoms with Gasteiger partial charge in [0.2, 0.25) is 5.78 Å². The van der Waals surface area contributed by atoms with E-state index in [0.717, 1.165) is 16.3 Å². The molecule has 2 aromatic heterocycles. The van der Waals surface area contributed by atoms with Gasteiger partial charge in [-0.3, -0.25) is 9.59 Å². The number of aryl methyl sites for hydroxylation is 1. The first-order chi connectivity index (χ1) is 15.0. The average Bonchev–Trinajstić information content (AvgIpc) is 3.19. The molecule has 0 radical (unpaired) electrons. The number of aromatic hydroxyl groups is 1. The molecule has 0 spiro atoms. The van der Waals surface area contributed by atoms with Gasteiger partial charge in [-0.25, -0.2) is 0 Å². The number of nitrogens with zero attached hydrogens (tertiary/aromatic N) is 1. The van der Waals surface area contributed by atoms with Crippen molar-refractivity contribution in [2.24, 2.45) is 0 Å². The maximum atomic E-state index is 13.5. The first-order valence-electron chi connectivity index (χ1n) is 10.0. The maximum Gasteiger partial charge on any atom is 0.209 e. The van der Waals surface area contributed by atoms with Crippen LogP contribution in [0.25, 0.3) is 16.3 Å². The zero-order chi connectivity index (χ0) is 21.5. The van der Waals surface area contributed by atoms with Gasteiger partial charge >= 0.3 is 0 Å². The minimum absolute atomic E-state index is 0.0847. The summed E-state index contributed by atoms with van der Waals surface area (Å²) in [6, 6.07) is 25.2. The molecule has 0 fully saturated rings. The number of aromatic nitrogens is 1. The number of carbonyl (C=O) groups is 2. The highest BCUT2D eigenvalue weighted by molar-refractivity contribution is 6.21. The maximum absolute atomic E-state index is 13.5. The van der Waals surface area contributed by atoms with Crippen LogP contribution in [0.1, 0.15) is 37.5 Å². The van der Waals surface area contributed by atoms with E-state index in [0.29, 0.717) is 22.3 Å².